The summed E-state index contributed by atoms with van der Waals surface area (Å²) in [5.41, 5.74) is 1.52. The van der Waals surface area contributed by atoms with Crippen molar-refractivity contribution in [2.75, 3.05) is 13.9 Å². The van der Waals surface area contributed by atoms with Gasteiger partial charge in [-0.25, -0.2) is 0 Å². The molecule has 0 saturated heterocycles. The monoisotopic (exact) mass is 258 g/mol. The smallest absolute Gasteiger partial charge is 0.188 e. The van der Waals surface area contributed by atoms with E-state index >= 15 is 0 Å². The molecule has 14 heavy (non-hydrogen) atoms. The van der Waals surface area contributed by atoms with Gasteiger partial charge < -0.3 is 9.47 Å². The number of hydrogen-bond donors (Lipinski definition) is 0. The third kappa shape index (κ3) is 2.33. The summed E-state index contributed by atoms with van der Waals surface area (Å²) in [5, 5.41) is 0. The Morgan fingerprint density at radius 2 is 2.21 bits per heavy atom. The molecule has 0 amide bonds. The molecule has 0 N–H and O–H groups in total. The van der Waals surface area contributed by atoms with Gasteiger partial charge in [-0.1, -0.05) is 6.07 Å². The lowest BCUT2D eigenvalue weighted by Crippen LogP contribution is -2.01. The molecular formula is C10H11BrO3. The molecule has 3 nitrogen and oxygen atoms in total. The van der Waals surface area contributed by atoms with Crippen molar-refractivity contribution in [1.29, 1.82) is 0 Å². The minimum Gasteiger partial charge on any atom is -0.466 e. The van der Waals surface area contributed by atoms with E-state index in [9.17, 15) is 4.79 Å². The van der Waals surface area contributed by atoms with Crippen LogP contribution in [-0.4, -0.2) is 20.2 Å². The van der Waals surface area contributed by atoms with Gasteiger partial charge >= 0.3 is 0 Å². The molecule has 1 aromatic rings. The number of hydrogen-bond acceptors (Lipinski definition) is 3. The van der Waals surface area contributed by atoms with E-state index in [1.165, 1.54) is 0 Å². The van der Waals surface area contributed by atoms with Crippen LogP contribution in [0, 0.1) is 6.92 Å². The number of methoxy groups -OCH3 is 1. The largest absolute Gasteiger partial charge is 0.466 e. The Bertz CT molecular complexity index is 336. The average Bonchev–Trinajstić information content (AvgIpc) is 2.18. The average molecular weight is 259 g/mol. The van der Waals surface area contributed by atoms with Crippen LogP contribution in [0.4, 0.5) is 0 Å². The van der Waals surface area contributed by atoms with E-state index in [2.05, 4.69) is 15.9 Å². The number of benzene rings is 1. The molecule has 0 atom stereocenters. The fourth-order valence-electron chi connectivity index (χ4n) is 1.05. The maximum absolute atomic E-state index is 10.8. The van der Waals surface area contributed by atoms with Gasteiger partial charge in [-0.05, 0) is 34.5 Å². The summed E-state index contributed by atoms with van der Waals surface area (Å²) in [5.74, 6) is 0.611. The molecule has 0 saturated carbocycles. The summed E-state index contributed by atoms with van der Waals surface area (Å²) in [6, 6.07) is 3.63. The highest BCUT2D eigenvalue weighted by Crippen LogP contribution is 2.29. The maximum Gasteiger partial charge on any atom is 0.188 e. The van der Waals surface area contributed by atoms with Crippen molar-refractivity contribution in [2.24, 2.45) is 0 Å². The van der Waals surface area contributed by atoms with Crippen LogP contribution in [0.5, 0.6) is 5.75 Å². The summed E-state index contributed by atoms with van der Waals surface area (Å²) >= 11 is 3.31. The van der Waals surface area contributed by atoms with Crippen molar-refractivity contribution in [3.8, 4) is 5.75 Å². The SMILES string of the molecule is COCOc1ccc(C)c(C=O)c1Br. The Morgan fingerprint density at radius 3 is 2.79 bits per heavy atom. The molecule has 1 rings (SSSR count). The first kappa shape index (κ1) is 11.2. The molecule has 0 heterocycles. The molecule has 0 aliphatic heterocycles. The van der Waals surface area contributed by atoms with Gasteiger partial charge in [-0.15, -0.1) is 0 Å². The second-order valence-corrected chi connectivity index (χ2v) is 3.57. The quantitative estimate of drug-likeness (QED) is 0.615. The van der Waals surface area contributed by atoms with Gasteiger partial charge in [0.1, 0.15) is 5.75 Å². The lowest BCUT2D eigenvalue weighted by Gasteiger charge is -2.09. The number of carbonyl (C=O) groups excluding carboxylic acids is 1. The van der Waals surface area contributed by atoms with E-state index in [1.54, 1.807) is 13.2 Å². The molecule has 0 aliphatic carbocycles. The fourth-order valence-corrected chi connectivity index (χ4v) is 1.70. The summed E-state index contributed by atoms with van der Waals surface area (Å²) in [6.45, 7) is 2.04. The molecule has 0 fully saturated rings. The van der Waals surface area contributed by atoms with E-state index < -0.39 is 0 Å². The van der Waals surface area contributed by atoms with Crippen LogP contribution < -0.4 is 4.74 Å². The van der Waals surface area contributed by atoms with Crippen LogP contribution in [0.3, 0.4) is 0 Å². The number of aldehydes is 1. The Morgan fingerprint density at radius 1 is 1.50 bits per heavy atom. The summed E-state index contributed by atoms with van der Waals surface area (Å²) in [4.78, 5) is 10.8. The lowest BCUT2D eigenvalue weighted by atomic mass is 10.1. The molecule has 0 aliphatic rings. The number of ether oxygens (including phenoxy) is 2. The molecular weight excluding hydrogens is 248 g/mol. The van der Waals surface area contributed by atoms with Crippen molar-refractivity contribution in [2.45, 2.75) is 6.92 Å². The summed E-state index contributed by atoms with van der Waals surface area (Å²) in [6.07, 6.45) is 0.805. The van der Waals surface area contributed by atoms with E-state index in [4.69, 9.17) is 9.47 Å². The van der Waals surface area contributed by atoms with Gasteiger partial charge in [-0.2, -0.15) is 0 Å². The van der Waals surface area contributed by atoms with E-state index in [0.29, 0.717) is 15.8 Å². The highest BCUT2D eigenvalue weighted by atomic mass is 79.9. The molecule has 1 aromatic carbocycles. The van der Waals surface area contributed by atoms with Gasteiger partial charge in [0.15, 0.2) is 13.1 Å². The highest BCUT2D eigenvalue weighted by Gasteiger charge is 2.08. The standard InChI is InChI=1S/C10H11BrO3/c1-7-3-4-9(14-6-13-2)10(11)8(7)5-12/h3-5H,6H2,1-2H3. The van der Waals surface area contributed by atoms with E-state index in [0.717, 1.165) is 11.8 Å². The van der Waals surface area contributed by atoms with Crippen LogP contribution in [0.2, 0.25) is 0 Å². The van der Waals surface area contributed by atoms with Crippen LogP contribution >= 0.6 is 15.9 Å². The Kier molecular flexibility index (Phi) is 4.10. The van der Waals surface area contributed by atoms with E-state index in [-0.39, 0.29) is 6.79 Å². The lowest BCUT2D eigenvalue weighted by molar-refractivity contribution is 0.0505. The number of halogens is 1. The summed E-state index contributed by atoms with van der Waals surface area (Å²) in [7, 11) is 1.54. The maximum atomic E-state index is 10.8. The second kappa shape index (κ2) is 5.12. The predicted molar refractivity (Wildman–Crippen MR) is 56.8 cm³/mol. The van der Waals surface area contributed by atoms with Gasteiger partial charge in [0.2, 0.25) is 0 Å². The molecule has 0 spiro atoms. The molecule has 0 aromatic heterocycles. The topological polar surface area (TPSA) is 35.5 Å². The van der Waals surface area contributed by atoms with Crippen molar-refractivity contribution < 1.29 is 14.3 Å². The van der Waals surface area contributed by atoms with E-state index in [1.807, 2.05) is 13.0 Å². The Hall–Kier alpha value is -0.870. The van der Waals surface area contributed by atoms with Crippen LogP contribution in [0.25, 0.3) is 0 Å². The zero-order chi connectivity index (χ0) is 10.6. The molecule has 76 valence electrons. The second-order valence-electron chi connectivity index (χ2n) is 2.78. The zero-order valence-corrected chi connectivity index (χ0v) is 9.63. The third-order valence-corrected chi connectivity index (χ3v) is 2.63. The van der Waals surface area contributed by atoms with Crippen LogP contribution in [0.1, 0.15) is 15.9 Å². The predicted octanol–water partition coefficient (Wildman–Crippen LogP) is 2.55. The van der Waals surface area contributed by atoms with Crippen molar-refractivity contribution in [3.63, 3.8) is 0 Å². The zero-order valence-electron chi connectivity index (χ0n) is 8.04. The normalized spacial score (nSPS) is 9.93. The molecule has 0 bridgehead atoms. The number of carbonyl (C=O) groups is 1. The third-order valence-electron chi connectivity index (χ3n) is 1.81. The first-order chi connectivity index (χ1) is 6.70. The van der Waals surface area contributed by atoms with Gasteiger partial charge in [0.05, 0.1) is 4.47 Å². The van der Waals surface area contributed by atoms with Crippen molar-refractivity contribution in [1.82, 2.24) is 0 Å². The van der Waals surface area contributed by atoms with Gasteiger partial charge in [0.25, 0.3) is 0 Å². The molecule has 0 radical (unpaired) electrons. The Labute approximate surface area is 91.1 Å². The first-order valence-corrected chi connectivity index (χ1v) is 4.86. The minimum absolute atomic E-state index is 0.167. The van der Waals surface area contributed by atoms with Crippen LogP contribution in [-0.2, 0) is 4.74 Å². The van der Waals surface area contributed by atoms with Crippen LogP contribution in [0.15, 0.2) is 16.6 Å². The summed E-state index contributed by atoms with van der Waals surface area (Å²) < 4.78 is 10.7. The molecule has 4 heteroatoms. The van der Waals surface area contributed by atoms with Gasteiger partial charge in [0, 0.05) is 12.7 Å². The van der Waals surface area contributed by atoms with Gasteiger partial charge in [-0.3, -0.25) is 4.79 Å². The van der Waals surface area contributed by atoms with Crippen molar-refractivity contribution >= 4 is 22.2 Å². The fraction of sp³-hybridized carbons (Fsp3) is 0.300. The number of rotatable bonds is 4. The Balaban J connectivity index is 3.02. The minimum atomic E-state index is 0.167. The highest BCUT2D eigenvalue weighted by molar-refractivity contribution is 9.10. The molecule has 0 unspecified atom stereocenters. The number of aryl methyl sites for hydroxylation is 1. The van der Waals surface area contributed by atoms with Crippen molar-refractivity contribution in [3.05, 3.63) is 27.7 Å². The first-order valence-electron chi connectivity index (χ1n) is 4.06.